The van der Waals surface area contributed by atoms with Gasteiger partial charge in [0, 0.05) is 18.4 Å². The van der Waals surface area contributed by atoms with Crippen molar-refractivity contribution in [1.82, 2.24) is 24.9 Å². The molecule has 3 rings (SSSR count). The van der Waals surface area contributed by atoms with Crippen LogP contribution < -0.4 is 11.1 Å². The molecule has 120 valence electrons. The van der Waals surface area contributed by atoms with Crippen LogP contribution in [0.25, 0.3) is 5.78 Å². The standard InChI is InChI=1S/C13H17BrN6O.ClH/c14-9-6-16-13-18-11(19-20(13)7-9)12(21)17-10-4-2-1-3-8(10)5-15;/h6-8,10H,1-5,15H2,(H,17,21);1H. The fourth-order valence-electron chi connectivity index (χ4n) is 2.77. The molecule has 9 heteroatoms. The molecule has 2 heterocycles. The summed E-state index contributed by atoms with van der Waals surface area (Å²) in [4.78, 5) is 20.6. The van der Waals surface area contributed by atoms with E-state index < -0.39 is 0 Å². The summed E-state index contributed by atoms with van der Waals surface area (Å²) in [5, 5.41) is 7.17. The Hall–Kier alpha value is -1.25. The maximum atomic E-state index is 12.3. The average Bonchev–Trinajstić information content (AvgIpc) is 2.91. The third-order valence-corrected chi connectivity index (χ3v) is 4.30. The molecule has 1 amide bonds. The number of carbonyl (C=O) groups is 1. The zero-order valence-electron chi connectivity index (χ0n) is 11.9. The number of amides is 1. The van der Waals surface area contributed by atoms with Gasteiger partial charge in [0.05, 0.1) is 4.47 Å². The van der Waals surface area contributed by atoms with Crippen molar-refractivity contribution >= 4 is 40.0 Å². The van der Waals surface area contributed by atoms with E-state index in [2.05, 4.69) is 36.3 Å². The first-order valence-electron chi connectivity index (χ1n) is 7.06. The number of nitrogens with one attached hydrogen (secondary N) is 1. The molecule has 3 N–H and O–H groups in total. The van der Waals surface area contributed by atoms with Crippen molar-refractivity contribution < 1.29 is 4.79 Å². The largest absolute Gasteiger partial charge is 0.346 e. The number of hydrogen-bond donors (Lipinski definition) is 2. The molecular weight excluding hydrogens is 372 g/mol. The Balaban J connectivity index is 0.00000176. The van der Waals surface area contributed by atoms with Gasteiger partial charge < -0.3 is 11.1 Å². The van der Waals surface area contributed by atoms with Crippen LogP contribution in [0.4, 0.5) is 0 Å². The first-order valence-corrected chi connectivity index (χ1v) is 7.85. The van der Waals surface area contributed by atoms with Crippen LogP contribution in [0.2, 0.25) is 0 Å². The SMILES string of the molecule is Cl.NCC1CCCCC1NC(=O)c1nc2ncc(Br)cn2n1. The summed E-state index contributed by atoms with van der Waals surface area (Å²) in [7, 11) is 0. The van der Waals surface area contributed by atoms with E-state index in [1.54, 1.807) is 12.4 Å². The highest BCUT2D eigenvalue weighted by Crippen LogP contribution is 2.23. The first-order chi connectivity index (χ1) is 10.2. The third kappa shape index (κ3) is 3.56. The summed E-state index contributed by atoms with van der Waals surface area (Å²) < 4.78 is 2.27. The van der Waals surface area contributed by atoms with Crippen LogP contribution in [0.15, 0.2) is 16.9 Å². The quantitative estimate of drug-likeness (QED) is 0.830. The number of fused-ring (bicyclic) bond motifs is 1. The number of nitrogens with two attached hydrogens (primary N) is 1. The van der Waals surface area contributed by atoms with Gasteiger partial charge in [-0.05, 0) is 41.2 Å². The average molecular weight is 390 g/mol. The van der Waals surface area contributed by atoms with Crippen LogP contribution in [0.5, 0.6) is 0 Å². The van der Waals surface area contributed by atoms with E-state index in [4.69, 9.17) is 5.73 Å². The maximum Gasteiger partial charge on any atom is 0.291 e. The number of halogens is 2. The lowest BCUT2D eigenvalue weighted by Crippen LogP contribution is -2.45. The van der Waals surface area contributed by atoms with Gasteiger partial charge in [-0.15, -0.1) is 17.5 Å². The minimum atomic E-state index is -0.262. The van der Waals surface area contributed by atoms with Crippen molar-refractivity contribution in [2.75, 3.05) is 6.54 Å². The second-order valence-corrected chi connectivity index (χ2v) is 6.23. The normalized spacial score (nSPS) is 21.4. The molecule has 2 unspecified atom stereocenters. The van der Waals surface area contributed by atoms with E-state index in [1.165, 1.54) is 10.9 Å². The van der Waals surface area contributed by atoms with Crippen molar-refractivity contribution in [2.24, 2.45) is 11.7 Å². The summed E-state index contributed by atoms with van der Waals surface area (Å²) >= 11 is 3.31. The van der Waals surface area contributed by atoms with Crippen molar-refractivity contribution in [1.29, 1.82) is 0 Å². The molecule has 2 aromatic heterocycles. The Morgan fingerprint density at radius 3 is 3.00 bits per heavy atom. The van der Waals surface area contributed by atoms with Crippen molar-refractivity contribution in [3.63, 3.8) is 0 Å². The molecular formula is C13H18BrClN6O. The lowest BCUT2D eigenvalue weighted by atomic mass is 9.84. The number of hydrogen-bond acceptors (Lipinski definition) is 5. The van der Waals surface area contributed by atoms with Crippen LogP contribution in [-0.4, -0.2) is 38.1 Å². The van der Waals surface area contributed by atoms with Crippen LogP contribution in [0, 0.1) is 5.92 Å². The fourth-order valence-corrected chi connectivity index (χ4v) is 3.06. The molecule has 0 aromatic carbocycles. The van der Waals surface area contributed by atoms with Gasteiger partial charge >= 0.3 is 0 Å². The highest BCUT2D eigenvalue weighted by molar-refractivity contribution is 9.10. The van der Waals surface area contributed by atoms with E-state index in [1.807, 2.05) is 0 Å². The minimum absolute atomic E-state index is 0. The van der Waals surface area contributed by atoms with Crippen LogP contribution in [0.3, 0.4) is 0 Å². The molecule has 22 heavy (non-hydrogen) atoms. The zero-order valence-corrected chi connectivity index (χ0v) is 14.3. The monoisotopic (exact) mass is 388 g/mol. The molecule has 1 fully saturated rings. The molecule has 1 aliphatic carbocycles. The van der Waals surface area contributed by atoms with E-state index in [0.717, 1.165) is 23.7 Å². The van der Waals surface area contributed by atoms with E-state index in [-0.39, 0.29) is 30.2 Å². The highest BCUT2D eigenvalue weighted by Gasteiger charge is 2.27. The molecule has 7 nitrogen and oxygen atoms in total. The fraction of sp³-hybridized carbons (Fsp3) is 0.538. The first kappa shape index (κ1) is 17.1. The Morgan fingerprint density at radius 2 is 2.23 bits per heavy atom. The second kappa shape index (κ2) is 7.34. The predicted octanol–water partition coefficient (Wildman–Crippen LogP) is 1.56. The summed E-state index contributed by atoms with van der Waals surface area (Å²) in [6.45, 7) is 0.595. The Bertz CT molecular complexity index is 663. The molecule has 1 aliphatic rings. The number of carbonyl (C=O) groups excluding carboxylic acids is 1. The van der Waals surface area contributed by atoms with Gasteiger partial charge in [0.15, 0.2) is 0 Å². The molecule has 1 saturated carbocycles. The smallest absolute Gasteiger partial charge is 0.291 e. The summed E-state index contributed by atoms with van der Waals surface area (Å²) in [5.74, 6) is 0.623. The van der Waals surface area contributed by atoms with E-state index >= 15 is 0 Å². The van der Waals surface area contributed by atoms with Crippen molar-refractivity contribution in [2.45, 2.75) is 31.7 Å². The molecule has 2 aromatic rings. The topological polar surface area (TPSA) is 98.2 Å². The summed E-state index contributed by atoms with van der Waals surface area (Å²) in [6, 6.07) is 0.113. The number of nitrogens with zero attached hydrogens (tertiary/aromatic N) is 4. The van der Waals surface area contributed by atoms with Crippen LogP contribution in [0.1, 0.15) is 36.3 Å². The van der Waals surface area contributed by atoms with Gasteiger partial charge in [-0.2, -0.15) is 4.98 Å². The molecule has 0 radical (unpaired) electrons. The lowest BCUT2D eigenvalue weighted by molar-refractivity contribution is 0.0897. The van der Waals surface area contributed by atoms with Gasteiger partial charge in [-0.25, -0.2) is 9.50 Å². The van der Waals surface area contributed by atoms with Crippen LogP contribution in [-0.2, 0) is 0 Å². The molecule has 0 bridgehead atoms. The molecule has 0 aliphatic heterocycles. The van der Waals surface area contributed by atoms with Gasteiger partial charge in [-0.3, -0.25) is 4.79 Å². The molecule has 0 spiro atoms. The Kier molecular flexibility index (Phi) is 5.71. The second-order valence-electron chi connectivity index (χ2n) is 5.31. The van der Waals surface area contributed by atoms with Crippen LogP contribution >= 0.6 is 28.3 Å². The summed E-state index contributed by atoms with van der Waals surface area (Å²) in [6.07, 6.45) is 7.67. The van der Waals surface area contributed by atoms with Crippen molar-refractivity contribution in [3.05, 3.63) is 22.7 Å². The number of aromatic nitrogens is 4. The minimum Gasteiger partial charge on any atom is -0.346 e. The Labute approximate surface area is 142 Å². The number of rotatable bonds is 3. The van der Waals surface area contributed by atoms with Gasteiger partial charge in [0.1, 0.15) is 0 Å². The van der Waals surface area contributed by atoms with Gasteiger partial charge in [0.25, 0.3) is 11.7 Å². The van der Waals surface area contributed by atoms with Gasteiger partial charge in [0.2, 0.25) is 5.82 Å². The van der Waals surface area contributed by atoms with E-state index in [0.29, 0.717) is 18.2 Å². The highest BCUT2D eigenvalue weighted by atomic mass is 79.9. The zero-order chi connectivity index (χ0) is 14.8. The maximum absolute atomic E-state index is 12.3. The summed E-state index contributed by atoms with van der Waals surface area (Å²) in [5.41, 5.74) is 5.78. The van der Waals surface area contributed by atoms with Gasteiger partial charge in [-0.1, -0.05) is 12.8 Å². The predicted molar refractivity (Wildman–Crippen MR) is 88.0 cm³/mol. The van der Waals surface area contributed by atoms with Crippen molar-refractivity contribution in [3.8, 4) is 0 Å². The van der Waals surface area contributed by atoms with E-state index in [9.17, 15) is 4.79 Å². The molecule has 0 saturated heterocycles. The lowest BCUT2D eigenvalue weighted by Gasteiger charge is -2.30. The third-order valence-electron chi connectivity index (χ3n) is 3.89. The Morgan fingerprint density at radius 1 is 1.45 bits per heavy atom. The molecule has 2 atom stereocenters.